The molecule has 0 aliphatic carbocycles. The highest BCUT2D eigenvalue weighted by atomic mass is 16.5. The number of benzene rings is 2. The minimum Gasteiger partial charge on any atom is -0.493 e. The third-order valence-electron chi connectivity index (χ3n) is 7.21. The quantitative estimate of drug-likeness (QED) is 0.411. The largest absolute Gasteiger partial charge is 0.493 e. The molecule has 4 rings (SSSR count). The Hall–Kier alpha value is -3.43. The number of hydrogen-bond donors (Lipinski definition) is 2. The highest BCUT2D eigenvalue weighted by Crippen LogP contribution is 2.38. The van der Waals surface area contributed by atoms with Crippen LogP contribution in [0.5, 0.6) is 11.5 Å². The van der Waals surface area contributed by atoms with Gasteiger partial charge in [0.15, 0.2) is 11.5 Å². The summed E-state index contributed by atoms with van der Waals surface area (Å²) in [5.41, 5.74) is 8.13. The number of fused-ring (bicyclic) bond motifs is 1. The summed E-state index contributed by atoms with van der Waals surface area (Å²) in [6.07, 6.45) is 2.79. The van der Waals surface area contributed by atoms with Crippen LogP contribution < -0.4 is 20.1 Å². The van der Waals surface area contributed by atoms with Gasteiger partial charge in [-0.15, -0.1) is 0 Å². The summed E-state index contributed by atoms with van der Waals surface area (Å²) >= 11 is 0. The average molecular weight is 494 g/mol. The van der Waals surface area contributed by atoms with Crippen molar-refractivity contribution in [3.63, 3.8) is 0 Å². The van der Waals surface area contributed by atoms with Gasteiger partial charge in [0.25, 0.3) is 0 Å². The number of hydrogen-bond acceptors (Lipinski definition) is 9. The van der Waals surface area contributed by atoms with Gasteiger partial charge in [-0.05, 0) is 30.9 Å². The van der Waals surface area contributed by atoms with Crippen LogP contribution in [0.4, 0.5) is 11.8 Å². The molecule has 0 spiro atoms. The first-order valence-corrected chi connectivity index (χ1v) is 12.2. The molecule has 0 bridgehead atoms. The molecule has 0 amide bonds. The molecule has 9 nitrogen and oxygen atoms in total. The van der Waals surface area contributed by atoms with Gasteiger partial charge in [0, 0.05) is 50.0 Å². The summed E-state index contributed by atoms with van der Waals surface area (Å²) in [7, 11) is 5.16. The normalized spacial score (nSPS) is 16.4. The number of aliphatic hydroxyl groups is 1. The maximum absolute atomic E-state index is 10.7. The number of aromatic nitrogens is 2. The van der Waals surface area contributed by atoms with Crippen molar-refractivity contribution in [1.82, 2.24) is 14.9 Å². The Morgan fingerprint density at radius 1 is 1.14 bits per heavy atom. The summed E-state index contributed by atoms with van der Waals surface area (Å²) < 4.78 is 10.9. The van der Waals surface area contributed by atoms with Crippen LogP contribution in [0.2, 0.25) is 0 Å². The maximum Gasteiger partial charge on any atom is 0.227 e. The molecule has 0 radical (unpaired) electrons. The average Bonchev–Trinajstić information content (AvgIpc) is 2.91. The number of likely N-dealkylation sites (N-methyl/N-ethyl adjacent to an activating group) is 1. The fourth-order valence-electron chi connectivity index (χ4n) is 5.14. The predicted molar refractivity (Wildman–Crippen MR) is 141 cm³/mol. The zero-order chi connectivity index (χ0) is 25.7. The Morgan fingerprint density at radius 3 is 2.44 bits per heavy atom. The molecule has 1 aromatic heterocycles. The first-order valence-electron chi connectivity index (χ1n) is 12.2. The van der Waals surface area contributed by atoms with Gasteiger partial charge in [0.05, 0.1) is 19.7 Å². The van der Waals surface area contributed by atoms with Gasteiger partial charge in [0.1, 0.15) is 18.3 Å². The van der Waals surface area contributed by atoms with Gasteiger partial charge < -0.3 is 30.0 Å². The number of nitrogens with zero attached hydrogens (tertiary/aromatic N) is 4. The second kappa shape index (κ2) is 11.1. The lowest BCUT2D eigenvalue weighted by Gasteiger charge is -2.45. The van der Waals surface area contributed by atoms with Crippen LogP contribution in [0.25, 0.3) is 10.9 Å². The van der Waals surface area contributed by atoms with E-state index >= 15 is 0 Å². The Balaban J connectivity index is 1.62. The van der Waals surface area contributed by atoms with Crippen LogP contribution in [0, 0.1) is 0 Å². The van der Waals surface area contributed by atoms with Crippen LogP contribution >= 0.6 is 0 Å². The molecule has 1 unspecified atom stereocenters. The molecule has 1 aliphatic heterocycles. The lowest BCUT2D eigenvalue weighted by molar-refractivity contribution is -0.109. The van der Waals surface area contributed by atoms with E-state index in [9.17, 15) is 9.90 Å². The second-order valence-corrected chi connectivity index (χ2v) is 9.40. The Morgan fingerprint density at radius 2 is 1.81 bits per heavy atom. The van der Waals surface area contributed by atoms with Gasteiger partial charge in [-0.3, -0.25) is 4.90 Å². The predicted octanol–water partition coefficient (Wildman–Crippen LogP) is 3.00. The van der Waals surface area contributed by atoms with Gasteiger partial charge in [0.2, 0.25) is 5.95 Å². The minimum absolute atomic E-state index is 0.151. The van der Waals surface area contributed by atoms with Crippen LogP contribution in [-0.4, -0.2) is 73.4 Å². The fraction of sp³-hybridized carbons (Fsp3) is 0.444. The number of likely N-dealkylation sites (tertiary alicyclic amines) is 1. The molecule has 1 atom stereocenters. The lowest BCUT2D eigenvalue weighted by atomic mass is 9.72. The molecule has 3 aromatic rings. The smallest absolute Gasteiger partial charge is 0.227 e. The molecule has 0 saturated carbocycles. The zero-order valence-electron chi connectivity index (χ0n) is 21.2. The van der Waals surface area contributed by atoms with Crippen LogP contribution in [0.15, 0.2) is 42.5 Å². The molecule has 3 N–H and O–H groups in total. The van der Waals surface area contributed by atoms with E-state index in [-0.39, 0.29) is 5.41 Å². The summed E-state index contributed by atoms with van der Waals surface area (Å²) in [6, 6.07) is 14.1. The number of ether oxygens (including phenoxy) is 2. The Kier molecular flexibility index (Phi) is 7.91. The summed E-state index contributed by atoms with van der Waals surface area (Å²) in [5, 5.41) is 11.2. The van der Waals surface area contributed by atoms with Crippen LogP contribution in [0.3, 0.4) is 0 Å². The Bertz CT molecular complexity index is 1180. The number of carbonyl (C=O) groups is 1. The highest BCUT2D eigenvalue weighted by Gasteiger charge is 2.39. The summed E-state index contributed by atoms with van der Waals surface area (Å²) in [5.74, 6) is 2.07. The molecule has 2 heterocycles. The summed E-state index contributed by atoms with van der Waals surface area (Å²) in [4.78, 5) is 24.3. The number of rotatable bonds is 10. The first kappa shape index (κ1) is 25.7. The van der Waals surface area contributed by atoms with E-state index in [2.05, 4.69) is 39.0 Å². The van der Waals surface area contributed by atoms with E-state index in [1.807, 2.05) is 19.2 Å². The lowest BCUT2D eigenvalue weighted by Crippen LogP contribution is -2.51. The molecular weight excluding hydrogens is 458 g/mol. The monoisotopic (exact) mass is 493 g/mol. The number of aldehydes is 1. The van der Waals surface area contributed by atoms with E-state index in [1.54, 1.807) is 20.3 Å². The van der Waals surface area contributed by atoms with Gasteiger partial charge in [-0.2, -0.15) is 4.98 Å². The minimum atomic E-state index is -0.600. The molecule has 2 aromatic carbocycles. The van der Waals surface area contributed by atoms with E-state index in [0.717, 1.165) is 32.2 Å². The topological polar surface area (TPSA) is 114 Å². The van der Waals surface area contributed by atoms with E-state index in [1.165, 1.54) is 5.56 Å². The van der Waals surface area contributed by atoms with Gasteiger partial charge >= 0.3 is 0 Å². The van der Waals surface area contributed by atoms with Crippen LogP contribution in [0.1, 0.15) is 31.2 Å². The third-order valence-corrected chi connectivity index (χ3v) is 7.21. The number of anilines is 2. The maximum atomic E-state index is 10.7. The van der Waals surface area contributed by atoms with Crippen molar-refractivity contribution in [2.45, 2.75) is 37.3 Å². The number of methoxy groups -OCH3 is 2. The number of aliphatic hydroxyl groups excluding tert-OH is 1. The van der Waals surface area contributed by atoms with Crippen molar-refractivity contribution in [1.29, 1.82) is 0 Å². The van der Waals surface area contributed by atoms with E-state index in [4.69, 9.17) is 20.2 Å². The van der Waals surface area contributed by atoms with Crippen LogP contribution in [-0.2, 0) is 10.2 Å². The highest BCUT2D eigenvalue weighted by molar-refractivity contribution is 5.91. The van der Waals surface area contributed by atoms with Gasteiger partial charge in [-0.25, -0.2) is 4.98 Å². The molecule has 192 valence electrons. The molecule has 9 heteroatoms. The molecular formula is C27H35N5O4. The van der Waals surface area contributed by atoms with E-state index in [0.29, 0.717) is 53.6 Å². The SMILES string of the molecule is COc1cc2nc(N(C)CC3(c4ccccc4)CCN(C(O)CCC=O)CC3)nc(N)c2cc1OC. The zero-order valence-corrected chi connectivity index (χ0v) is 21.2. The van der Waals surface area contributed by atoms with Crippen molar-refractivity contribution in [2.24, 2.45) is 0 Å². The number of nitrogens with two attached hydrogens (primary N) is 1. The molecule has 1 fully saturated rings. The number of nitrogen functional groups attached to an aromatic ring is 1. The van der Waals surface area contributed by atoms with E-state index < -0.39 is 6.23 Å². The van der Waals surface area contributed by atoms with Crippen molar-refractivity contribution in [2.75, 3.05) is 51.5 Å². The van der Waals surface area contributed by atoms with Crippen molar-refractivity contribution < 1.29 is 19.4 Å². The standard InChI is InChI=1S/C27H35N5O4/c1-31(26-29-21-17-23(36-3)22(35-2)16-20(21)25(28)30-26)18-27(19-8-5-4-6-9-19)11-13-32(14-12-27)24(34)10-7-15-33/h4-6,8-9,15-17,24,34H,7,10-14,18H2,1-3H3,(H2,28,29,30). The second-order valence-electron chi connectivity index (χ2n) is 9.40. The summed E-state index contributed by atoms with van der Waals surface area (Å²) in [6.45, 7) is 2.16. The number of carbonyl (C=O) groups excluding carboxylic acids is 1. The van der Waals surface area contributed by atoms with Crippen molar-refractivity contribution in [3.8, 4) is 11.5 Å². The van der Waals surface area contributed by atoms with Crippen molar-refractivity contribution in [3.05, 3.63) is 48.0 Å². The third kappa shape index (κ3) is 5.22. The van der Waals surface area contributed by atoms with Crippen molar-refractivity contribution >= 4 is 29.0 Å². The molecule has 1 aliphatic rings. The first-order chi connectivity index (χ1) is 17.4. The molecule has 1 saturated heterocycles. The van der Waals surface area contributed by atoms with Gasteiger partial charge in [-0.1, -0.05) is 30.3 Å². The Labute approximate surface area is 211 Å². The number of piperidine rings is 1. The molecule has 36 heavy (non-hydrogen) atoms. The fourth-order valence-corrected chi connectivity index (χ4v) is 5.14.